The van der Waals surface area contributed by atoms with Gasteiger partial charge in [-0.3, -0.25) is 19.2 Å². The number of hydrogen-bond donors (Lipinski definition) is 2. The highest BCUT2D eigenvalue weighted by Crippen LogP contribution is 2.72. The summed E-state index contributed by atoms with van der Waals surface area (Å²) >= 11 is 0. The smallest absolute Gasteiger partial charge is 0.306 e. The Morgan fingerprint density at radius 3 is 2.54 bits per heavy atom. The Bertz CT molecular complexity index is 1750. The van der Waals surface area contributed by atoms with Crippen LogP contribution in [0.3, 0.4) is 0 Å². The number of carbonyl (C=O) groups is 4. The fraction of sp³-hybridized carbons (Fsp3) is 0.787. The Hall–Kier alpha value is -2.69. The maximum atomic E-state index is 17.5. The summed E-state index contributed by atoms with van der Waals surface area (Å²) in [7, 11) is 0. The molecular weight excluding hydrogens is 728 g/mol. The number of esters is 2. The number of rotatable bonds is 11. The van der Waals surface area contributed by atoms with Crippen molar-refractivity contribution in [2.24, 2.45) is 51.8 Å². The number of alkyl halides is 1. The van der Waals surface area contributed by atoms with Crippen LogP contribution < -0.4 is 0 Å². The molecule has 10 heteroatoms. The lowest BCUT2D eigenvalue weighted by Crippen LogP contribution is -2.69. The van der Waals surface area contributed by atoms with Crippen LogP contribution in [-0.2, 0) is 33.4 Å². The molecule has 7 fully saturated rings. The maximum absolute atomic E-state index is 17.5. The van der Waals surface area contributed by atoms with Crippen LogP contribution in [0, 0.1) is 51.8 Å². The number of aliphatic hydroxyl groups is 2. The number of halogens is 1. The molecule has 8 rings (SSSR count). The van der Waals surface area contributed by atoms with Crippen LogP contribution in [0.5, 0.6) is 0 Å². The molecule has 0 aromatic rings. The van der Waals surface area contributed by atoms with E-state index in [0.29, 0.717) is 43.4 Å². The summed E-state index contributed by atoms with van der Waals surface area (Å²) < 4.78 is 35.3. The minimum Gasteiger partial charge on any atom is -0.463 e. The molecule has 314 valence electrons. The van der Waals surface area contributed by atoms with Crippen LogP contribution >= 0.6 is 0 Å². The number of allylic oxidation sites excluding steroid dienone is 6. The molecule has 0 aromatic heterocycles. The van der Waals surface area contributed by atoms with Gasteiger partial charge in [0.25, 0.3) is 0 Å². The van der Waals surface area contributed by atoms with E-state index in [2.05, 4.69) is 13.8 Å². The largest absolute Gasteiger partial charge is 0.463 e. The number of epoxide rings is 1. The normalized spacial score (nSPS) is 47.5. The van der Waals surface area contributed by atoms with Crippen molar-refractivity contribution in [1.29, 1.82) is 0 Å². The first kappa shape index (κ1) is 41.1. The highest BCUT2D eigenvalue weighted by atomic mass is 19.1. The lowest BCUT2D eigenvalue weighted by molar-refractivity contribution is -0.223. The number of unbranched alkanes of at least 4 members (excludes halogenated alkanes) is 1. The van der Waals surface area contributed by atoms with Gasteiger partial charge >= 0.3 is 11.9 Å². The van der Waals surface area contributed by atoms with E-state index in [-0.39, 0.29) is 66.8 Å². The third kappa shape index (κ3) is 6.47. The lowest BCUT2D eigenvalue weighted by atomic mass is 9.44. The van der Waals surface area contributed by atoms with E-state index in [1.165, 1.54) is 17.7 Å². The van der Waals surface area contributed by atoms with Gasteiger partial charge in [0.15, 0.2) is 17.2 Å². The zero-order chi connectivity index (χ0) is 40.7. The predicted octanol–water partition coefficient (Wildman–Crippen LogP) is 7.65. The number of hydrogen-bond acceptors (Lipinski definition) is 9. The van der Waals surface area contributed by atoms with E-state index >= 15 is 4.39 Å². The molecule has 15 atom stereocenters. The van der Waals surface area contributed by atoms with Crippen LogP contribution in [0.2, 0.25) is 0 Å². The Morgan fingerprint density at radius 1 is 1.00 bits per heavy atom. The second-order valence-corrected chi connectivity index (χ2v) is 20.3. The second-order valence-electron chi connectivity index (χ2n) is 20.3. The first-order chi connectivity index (χ1) is 27.0. The van der Waals surface area contributed by atoms with Crippen molar-refractivity contribution in [3.05, 3.63) is 35.5 Å². The summed E-state index contributed by atoms with van der Waals surface area (Å²) in [5, 5.41) is 24.2. The van der Waals surface area contributed by atoms with Gasteiger partial charge in [-0.15, -0.1) is 0 Å². The molecular formula is C47H65FO9. The summed E-state index contributed by atoms with van der Waals surface area (Å²) in [5.74, 6) is -0.124. The topological polar surface area (TPSA) is 140 Å². The predicted molar refractivity (Wildman–Crippen MR) is 210 cm³/mol. The van der Waals surface area contributed by atoms with Crippen LogP contribution in [0.4, 0.5) is 4.39 Å². The Morgan fingerprint density at radius 2 is 1.77 bits per heavy atom. The molecule has 8 aliphatic rings. The molecule has 57 heavy (non-hydrogen) atoms. The Labute approximate surface area is 337 Å². The van der Waals surface area contributed by atoms with Gasteiger partial charge in [-0.2, -0.15) is 0 Å². The lowest BCUT2D eigenvalue weighted by Gasteiger charge is -2.62. The van der Waals surface area contributed by atoms with Gasteiger partial charge in [0.1, 0.15) is 30.5 Å². The van der Waals surface area contributed by atoms with Gasteiger partial charge in [0.2, 0.25) is 0 Å². The van der Waals surface area contributed by atoms with Crippen molar-refractivity contribution < 1.29 is 48.0 Å². The fourth-order valence-electron chi connectivity index (χ4n) is 14.3. The van der Waals surface area contributed by atoms with E-state index in [1.807, 2.05) is 19.9 Å². The summed E-state index contributed by atoms with van der Waals surface area (Å²) in [6.07, 6.45) is 14.9. The average molecular weight is 793 g/mol. The maximum Gasteiger partial charge on any atom is 0.306 e. The third-order valence-corrected chi connectivity index (χ3v) is 17.5. The number of carbonyl (C=O) groups excluding carboxylic acids is 4. The number of fused-ring (bicyclic) bond motifs is 8. The van der Waals surface area contributed by atoms with Gasteiger partial charge in [0.05, 0.1) is 18.9 Å². The molecule has 1 heterocycles. The molecule has 0 radical (unpaired) electrons. The highest BCUT2D eigenvalue weighted by Gasteiger charge is 2.78. The summed E-state index contributed by atoms with van der Waals surface area (Å²) in [6, 6.07) is 0. The van der Waals surface area contributed by atoms with E-state index in [9.17, 15) is 29.4 Å². The van der Waals surface area contributed by atoms with Gasteiger partial charge in [-0.1, -0.05) is 51.3 Å². The van der Waals surface area contributed by atoms with E-state index < -0.39 is 52.3 Å². The van der Waals surface area contributed by atoms with Gasteiger partial charge in [0, 0.05) is 28.6 Å². The molecule has 1 aliphatic heterocycles. The van der Waals surface area contributed by atoms with Crippen molar-refractivity contribution in [3.8, 4) is 0 Å². The monoisotopic (exact) mass is 792 g/mol. The van der Waals surface area contributed by atoms with Crippen LogP contribution in [-0.4, -0.2) is 76.0 Å². The van der Waals surface area contributed by atoms with Gasteiger partial charge in [-0.25, -0.2) is 4.39 Å². The van der Waals surface area contributed by atoms with Crippen molar-refractivity contribution in [3.63, 3.8) is 0 Å². The van der Waals surface area contributed by atoms with Crippen molar-refractivity contribution >= 4 is 23.5 Å². The third-order valence-electron chi connectivity index (χ3n) is 17.5. The minimum atomic E-state index is -1.98. The first-order valence-corrected chi connectivity index (χ1v) is 22.3. The molecule has 6 saturated carbocycles. The molecule has 0 spiro atoms. The highest BCUT2D eigenvalue weighted by molar-refractivity contribution is 6.01. The standard InChI is InChI=1S/C47H65FO9/c1-6-7-8-31(49)23-28-9-11-33-29(22-28)17-19-43(3)34(33)13-14-39(43)57-41(53)16-15-40(52)55-26-37-42(56-37)47(54)27(2)21-36-35-12-10-30-24-32(50)18-20-44(30,4)46(35,48)38(51)25-45(36,47)5/h18,20,23-24,27,29,33-39,42,51,54H,6-17,19,21-22,25-26H2,1-5H3/b28-23-/t27-,29?,33?,34?,35?,36?,37?,38-,39-,42?,43-,44-,45-,46-,47-/m0/s1. The summed E-state index contributed by atoms with van der Waals surface area (Å²) in [5.41, 5.74) is -3.33. The van der Waals surface area contributed by atoms with E-state index in [0.717, 1.165) is 63.4 Å². The summed E-state index contributed by atoms with van der Waals surface area (Å²) in [4.78, 5) is 50.6. The van der Waals surface area contributed by atoms with Crippen molar-refractivity contribution in [2.75, 3.05) is 6.61 Å². The fourth-order valence-corrected chi connectivity index (χ4v) is 14.3. The number of ether oxygens (including phenoxy) is 3. The van der Waals surface area contributed by atoms with Crippen LogP contribution in [0.1, 0.15) is 137 Å². The minimum absolute atomic E-state index is 0.0479. The molecule has 7 unspecified atom stereocenters. The molecule has 0 amide bonds. The number of ketones is 2. The molecule has 7 aliphatic carbocycles. The molecule has 0 bridgehead atoms. The zero-order valence-electron chi connectivity index (χ0n) is 34.7. The SMILES string of the molecule is CCCCC(=O)/C=C1/CCC2C(CC[C@@]3(C)C2CC[C@@H]3OC(=O)CCC(=O)OCC2OC2[C@@]2(O)[C@@H](C)CC3C4CCC5=CC(=O)C=C[C@]5(C)[C@@]4(F)[C@@H](O)C[C@@]32C)C1. The molecule has 0 aromatic carbocycles. The average Bonchev–Trinajstić information content (AvgIpc) is 3.84. The second kappa shape index (κ2) is 14.8. The Kier molecular flexibility index (Phi) is 10.7. The zero-order valence-corrected chi connectivity index (χ0v) is 34.7. The van der Waals surface area contributed by atoms with Gasteiger partial charge < -0.3 is 24.4 Å². The van der Waals surface area contributed by atoms with Crippen LogP contribution in [0.25, 0.3) is 0 Å². The first-order valence-electron chi connectivity index (χ1n) is 22.3. The van der Waals surface area contributed by atoms with Crippen molar-refractivity contribution in [2.45, 2.75) is 173 Å². The number of aliphatic hydroxyl groups excluding tert-OH is 1. The van der Waals surface area contributed by atoms with Crippen molar-refractivity contribution in [1.82, 2.24) is 0 Å². The molecule has 1 saturated heterocycles. The molecule has 9 nitrogen and oxygen atoms in total. The molecule has 2 N–H and O–H groups in total. The van der Waals surface area contributed by atoms with E-state index in [4.69, 9.17) is 14.2 Å². The summed E-state index contributed by atoms with van der Waals surface area (Å²) in [6.45, 7) is 10.0. The van der Waals surface area contributed by atoms with E-state index in [1.54, 1.807) is 13.0 Å². The quantitative estimate of drug-likeness (QED) is 0.123. The van der Waals surface area contributed by atoms with Crippen LogP contribution in [0.15, 0.2) is 35.5 Å². The van der Waals surface area contributed by atoms with Gasteiger partial charge in [-0.05, 0) is 132 Å². The Balaban J connectivity index is 0.817.